The molecule has 1 atom stereocenters. The predicted molar refractivity (Wildman–Crippen MR) is 90.1 cm³/mol. The summed E-state index contributed by atoms with van der Waals surface area (Å²) in [5, 5.41) is 3.22. The van der Waals surface area contributed by atoms with Crippen LogP contribution in [0.5, 0.6) is 0 Å². The Bertz CT molecular complexity index is 545. The van der Waals surface area contributed by atoms with Crippen LogP contribution in [0.1, 0.15) is 43.9 Å². The van der Waals surface area contributed by atoms with Gasteiger partial charge in [-0.15, -0.1) is 12.4 Å². The summed E-state index contributed by atoms with van der Waals surface area (Å²) < 4.78 is 38.6. The van der Waals surface area contributed by atoms with Crippen LogP contribution in [0.15, 0.2) is 24.3 Å². The van der Waals surface area contributed by atoms with E-state index in [1.54, 1.807) is 17.9 Å². The van der Waals surface area contributed by atoms with Crippen molar-refractivity contribution in [3.05, 3.63) is 35.4 Å². The number of nitrogens with zero attached hydrogens (tertiary/aromatic N) is 1. The van der Waals surface area contributed by atoms with E-state index >= 15 is 0 Å². The molecule has 0 saturated carbocycles. The van der Waals surface area contributed by atoms with E-state index in [9.17, 15) is 18.0 Å². The number of benzene rings is 1. The minimum absolute atomic E-state index is 0. The van der Waals surface area contributed by atoms with Gasteiger partial charge in [-0.05, 0) is 57.5 Å². The molecule has 1 N–H and O–H groups in total. The van der Waals surface area contributed by atoms with Gasteiger partial charge in [-0.3, -0.25) is 4.79 Å². The number of carbonyl (C=O) groups is 1. The number of halogens is 4. The SMILES string of the molecule is CCN(C(=O)C1CCNCC1)C(C)c1cccc(C(F)(F)F)c1.Cl. The average molecular weight is 365 g/mol. The minimum Gasteiger partial charge on any atom is -0.336 e. The normalized spacial score (nSPS) is 17.0. The van der Waals surface area contributed by atoms with Gasteiger partial charge in [0.1, 0.15) is 0 Å². The predicted octanol–water partition coefficient (Wildman–Crippen LogP) is 4.04. The molecule has 1 aliphatic heterocycles. The molecule has 136 valence electrons. The molecular weight excluding hydrogens is 341 g/mol. The summed E-state index contributed by atoms with van der Waals surface area (Å²) in [6.07, 6.45) is -2.80. The Hall–Kier alpha value is -1.27. The molecule has 7 heteroatoms. The molecule has 1 aromatic rings. The van der Waals surface area contributed by atoms with Gasteiger partial charge in [-0.25, -0.2) is 0 Å². The number of alkyl halides is 3. The molecule has 0 bridgehead atoms. The van der Waals surface area contributed by atoms with Crippen molar-refractivity contribution in [3.8, 4) is 0 Å². The Morgan fingerprint density at radius 3 is 2.50 bits per heavy atom. The van der Waals surface area contributed by atoms with E-state index in [4.69, 9.17) is 0 Å². The molecule has 2 rings (SSSR count). The van der Waals surface area contributed by atoms with Gasteiger partial charge in [0.15, 0.2) is 0 Å². The summed E-state index contributed by atoms with van der Waals surface area (Å²) in [5.74, 6) is 0.00311. The molecule has 1 saturated heterocycles. The smallest absolute Gasteiger partial charge is 0.336 e. The molecule has 0 aromatic heterocycles. The van der Waals surface area contributed by atoms with Crippen LogP contribution in [-0.2, 0) is 11.0 Å². The average Bonchev–Trinajstić information content (AvgIpc) is 2.55. The zero-order valence-corrected chi connectivity index (χ0v) is 14.7. The first-order valence-corrected chi connectivity index (χ1v) is 8.03. The van der Waals surface area contributed by atoms with Crippen LogP contribution in [0.4, 0.5) is 13.2 Å². The quantitative estimate of drug-likeness (QED) is 0.874. The largest absolute Gasteiger partial charge is 0.416 e. The van der Waals surface area contributed by atoms with E-state index in [0.717, 1.165) is 38.1 Å². The Balaban J connectivity index is 0.00000288. The fraction of sp³-hybridized carbons (Fsp3) is 0.588. The second-order valence-corrected chi connectivity index (χ2v) is 5.95. The van der Waals surface area contributed by atoms with Crippen molar-refractivity contribution < 1.29 is 18.0 Å². The minimum atomic E-state index is -4.37. The van der Waals surface area contributed by atoms with Crippen molar-refractivity contribution in [3.63, 3.8) is 0 Å². The summed E-state index contributed by atoms with van der Waals surface area (Å²) in [4.78, 5) is 14.4. The molecule has 0 spiro atoms. The summed E-state index contributed by atoms with van der Waals surface area (Å²) in [6.45, 7) is 5.76. The van der Waals surface area contributed by atoms with Crippen molar-refractivity contribution in [2.75, 3.05) is 19.6 Å². The lowest BCUT2D eigenvalue weighted by atomic mass is 9.95. The fourth-order valence-electron chi connectivity index (χ4n) is 3.08. The first kappa shape index (κ1) is 20.8. The maximum atomic E-state index is 12.9. The Morgan fingerprint density at radius 2 is 1.96 bits per heavy atom. The van der Waals surface area contributed by atoms with Crippen molar-refractivity contribution >= 4 is 18.3 Å². The first-order chi connectivity index (χ1) is 10.8. The van der Waals surface area contributed by atoms with E-state index in [0.29, 0.717) is 12.1 Å². The molecular formula is C17H24ClF3N2O. The highest BCUT2D eigenvalue weighted by molar-refractivity contribution is 5.85. The lowest BCUT2D eigenvalue weighted by Crippen LogP contribution is -2.42. The maximum absolute atomic E-state index is 12.9. The first-order valence-electron chi connectivity index (χ1n) is 8.03. The summed E-state index contributed by atoms with van der Waals surface area (Å²) in [7, 11) is 0. The van der Waals surface area contributed by atoms with Gasteiger partial charge in [0.25, 0.3) is 0 Å². The molecule has 3 nitrogen and oxygen atoms in total. The highest BCUT2D eigenvalue weighted by atomic mass is 35.5. The molecule has 0 radical (unpaired) electrons. The van der Waals surface area contributed by atoms with Gasteiger partial charge in [-0.1, -0.05) is 12.1 Å². The summed E-state index contributed by atoms with van der Waals surface area (Å²) in [6, 6.07) is 4.88. The van der Waals surface area contributed by atoms with Gasteiger partial charge in [0.2, 0.25) is 5.91 Å². The molecule has 1 unspecified atom stereocenters. The summed E-state index contributed by atoms with van der Waals surface area (Å²) >= 11 is 0. The van der Waals surface area contributed by atoms with E-state index in [1.807, 2.05) is 6.92 Å². The Labute approximate surface area is 147 Å². The third kappa shape index (κ3) is 4.86. The molecule has 1 aromatic carbocycles. The highest BCUT2D eigenvalue weighted by Crippen LogP contribution is 2.32. The van der Waals surface area contributed by atoms with Gasteiger partial charge in [0, 0.05) is 12.5 Å². The number of hydrogen-bond donors (Lipinski definition) is 1. The van der Waals surface area contributed by atoms with Crippen LogP contribution in [0, 0.1) is 5.92 Å². The number of hydrogen-bond acceptors (Lipinski definition) is 2. The highest BCUT2D eigenvalue weighted by Gasteiger charge is 2.32. The van der Waals surface area contributed by atoms with Gasteiger partial charge < -0.3 is 10.2 Å². The molecule has 1 fully saturated rings. The Morgan fingerprint density at radius 1 is 1.33 bits per heavy atom. The van der Waals surface area contributed by atoms with Crippen molar-refractivity contribution in [2.45, 2.75) is 38.9 Å². The van der Waals surface area contributed by atoms with Crippen LogP contribution < -0.4 is 5.32 Å². The number of amides is 1. The third-order valence-electron chi connectivity index (χ3n) is 4.48. The molecule has 24 heavy (non-hydrogen) atoms. The van der Waals surface area contributed by atoms with Crippen LogP contribution in [0.2, 0.25) is 0 Å². The van der Waals surface area contributed by atoms with Gasteiger partial charge in [-0.2, -0.15) is 13.2 Å². The van der Waals surface area contributed by atoms with Crippen molar-refractivity contribution in [1.29, 1.82) is 0 Å². The molecule has 0 aliphatic carbocycles. The van der Waals surface area contributed by atoms with Crippen LogP contribution in [-0.4, -0.2) is 30.4 Å². The monoisotopic (exact) mass is 364 g/mol. The lowest BCUT2D eigenvalue weighted by Gasteiger charge is -2.33. The zero-order valence-electron chi connectivity index (χ0n) is 13.9. The van der Waals surface area contributed by atoms with Crippen LogP contribution in [0.25, 0.3) is 0 Å². The fourth-order valence-corrected chi connectivity index (χ4v) is 3.08. The number of nitrogens with one attached hydrogen (secondary N) is 1. The van der Waals surface area contributed by atoms with Crippen molar-refractivity contribution in [2.24, 2.45) is 5.92 Å². The number of piperidine rings is 1. The second-order valence-electron chi connectivity index (χ2n) is 5.95. The van der Waals surface area contributed by atoms with Crippen LogP contribution in [0.3, 0.4) is 0 Å². The topological polar surface area (TPSA) is 32.3 Å². The zero-order chi connectivity index (χ0) is 17.0. The lowest BCUT2D eigenvalue weighted by molar-refractivity contribution is -0.138. The van der Waals surface area contributed by atoms with E-state index in [-0.39, 0.29) is 30.3 Å². The van der Waals surface area contributed by atoms with Crippen molar-refractivity contribution in [1.82, 2.24) is 10.2 Å². The molecule has 1 aliphatic rings. The van der Waals surface area contributed by atoms with Gasteiger partial charge >= 0.3 is 6.18 Å². The Kier molecular flexibility index (Phi) is 7.55. The van der Waals surface area contributed by atoms with Crippen LogP contribution >= 0.6 is 12.4 Å². The molecule has 1 heterocycles. The second kappa shape index (κ2) is 8.72. The van der Waals surface area contributed by atoms with E-state index in [2.05, 4.69) is 5.32 Å². The van der Waals surface area contributed by atoms with E-state index in [1.165, 1.54) is 6.07 Å². The number of carbonyl (C=O) groups excluding carboxylic acids is 1. The van der Waals surface area contributed by atoms with E-state index < -0.39 is 11.7 Å². The molecule has 1 amide bonds. The number of rotatable bonds is 4. The third-order valence-corrected chi connectivity index (χ3v) is 4.48. The summed E-state index contributed by atoms with van der Waals surface area (Å²) in [5.41, 5.74) is -0.156. The maximum Gasteiger partial charge on any atom is 0.416 e. The standard InChI is InChI=1S/C17H23F3N2O.ClH/c1-3-22(16(23)13-7-9-21-10-8-13)12(2)14-5-4-6-15(11-14)17(18,19)20;/h4-6,11-13,21H,3,7-10H2,1-2H3;1H. The van der Waals surface area contributed by atoms with Gasteiger partial charge in [0.05, 0.1) is 11.6 Å².